The second-order valence-electron chi connectivity index (χ2n) is 5.43. The van der Waals surface area contributed by atoms with Gasteiger partial charge in [0.2, 0.25) is 0 Å². The Labute approximate surface area is 133 Å². The molecule has 122 valence electrons. The van der Waals surface area contributed by atoms with Crippen LogP contribution < -0.4 is 4.74 Å². The highest BCUT2D eigenvalue weighted by Crippen LogP contribution is 2.18. The number of aliphatic hydroxyl groups is 1. The first-order valence-electron chi connectivity index (χ1n) is 8.30. The Morgan fingerprint density at radius 1 is 1.05 bits per heavy atom. The number of hydrogen-bond donors (Lipinski definition) is 1. The lowest BCUT2D eigenvalue weighted by Crippen LogP contribution is -1.99. The van der Waals surface area contributed by atoms with Gasteiger partial charge in [-0.25, -0.2) is 4.39 Å². The summed E-state index contributed by atoms with van der Waals surface area (Å²) < 4.78 is 19.2. The van der Waals surface area contributed by atoms with Crippen molar-refractivity contribution in [1.82, 2.24) is 0 Å². The van der Waals surface area contributed by atoms with Crippen molar-refractivity contribution in [3.8, 4) is 17.6 Å². The van der Waals surface area contributed by atoms with Crippen molar-refractivity contribution in [3.63, 3.8) is 0 Å². The van der Waals surface area contributed by atoms with Crippen molar-refractivity contribution in [2.75, 3.05) is 13.2 Å². The molecule has 0 fully saturated rings. The van der Waals surface area contributed by atoms with Gasteiger partial charge in [-0.15, -0.1) is 0 Å². The van der Waals surface area contributed by atoms with Crippen molar-refractivity contribution in [1.29, 1.82) is 0 Å². The first-order chi connectivity index (χ1) is 10.8. The van der Waals surface area contributed by atoms with E-state index in [0.29, 0.717) is 12.2 Å². The molecule has 1 aromatic carbocycles. The maximum Gasteiger partial charge on any atom is 0.166 e. The largest absolute Gasteiger partial charge is 0.491 e. The lowest BCUT2D eigenvalue weighted by molar-refractivity contribution is 0.290. The molecule has 0 amide bonds. The molecule has 0 aliphatic carbocycles. The molecule has 22 heavy (non-hydrogen) atoms. The third kappa shape index (κ3) is 8.05. The van der Waals surface area contributed by atoms with Gasteiger partial charge in [-0.05, 0) is 24.6 Å². The van der Waals surface area contributed by atoms with E-state index in [-0.39, 0.29) is 12.4 Å². The molecule has 0 aliphatic heterocycles. The molecule has 0 aromatic heterocycles. The minimum absolute atomic E-state index is 0.224. The Bertz CT molecular complexity index is 474. The van der Waals surface area contributed by atoms with Crippen LogP contribution in [0.15, 0.2) is 18.2 Å². The molecule has 0 spiro atoms. The van der Waals surface area contributed by atoms with Crippen LogP contribution in [0.4, 0.5) is 4.39 Å². The number of unbranched alkanes of at least 4 members (excludes halogenated alkanes) is 7. The number of aliphatic hydroxyl groups excluding tert-OH is 1. The normalized spacial score (nSPS) is 10.1. The summed E-state index contributed by atoms with van der Waals surface area (Å²) in [5, 5.41) is 8.61. The van der Waals surface area contributed by atoms with Crippen LogP contribution >= 0.6 is 0 Å². The zero-order valence-electron chi connectivity index (χ0n) is 13.5. The molecule has 2 nitrogen and oxygen atoms in total. The molecule has 1 aromatic rings. The molecular formula is C19H27FO2. The molecule has 0 saturated carbocycles. The Balaban J connectivity index is 2.17. The fraction of sp³-hybridized carbons (Fsp3) is 0.579. The van der Waals surface area contributed by atoms with Gasteiger partial charge in [0.1, 0.15) is 6.61 Å². The predicted molar refractivity (Wildman–Crippen MR) is 88.5 cm³/mol. The van der Waals surface area contributed by atoms with Crippen molar-refractivity contribution >= 4 is 0 Å². The topological polar surface area (TPSA) is 29.5 Å². The molecule has 1 N–H and O–H groups in total. The van der Waals surface area contributed by atoms with Crippen LogP contribution in [0, 0.1) is 17.7 Å². The maximum atomic E-state index is 13.8. The van der Waals surface area contributed by atoms with E-state index in [1.165, 1.54) is 44.6 Å². The average molecular weight is 306 g/mol. The van der Waals surface area contributed by atoms with Crippen LogP contribution in [0.2, 0.25) is 0 Å². The van der Waals surface area contributed by atoms with Gasteiger partial charge in [-0.3, -0.25) is 0 Å². The Morgan fingerprint density at radius 3 is 2.36 bits per heavy atom. The van der Waals surface area contributed by atoms with E-state index in [4.69, 9.17) is 9.84 Å². The van der Waals surface area contributed by atoms with Crippen LogP contribution in [0.1, 0.15) is 63.9 Å². The summed E-state index contributed by atoms with van der Waals surface area (Å²) in [6.07, 6.45) is 9.87. The van der Waals surface area contributed by atoms with Crippen LogP contribution in [0.5, 0.6) is 5.75 Å². The molecular weight excluding hydrogens is 279 g/mol. The smallest absolute Gasteiger partial charge is 0.166 e. The predicted octanol–water partition coefficient (Wildman–Crippen LogP) is 4.69. The summed E-state index contributed by atoms with van der Waals surface area (Å²) in [4.78, 5) is 0. The van der Waals surface area contributed by atoms with Gasteiger partial charge in [0.05, 0.1) is 6.61 Å². The van der Waals surface area contributed by atoms with E-state index in [1.54, 1.807) is 12.1 Å². The number of hydrogen-bond acceptors (Lipinski definition) is 2. The first-order valence-corrected chi connectivity index (χ1v) is 8.30. The highest BCUT2D eigenvalue weighted by Gasteiger charge is 2.03. The quantitative estimate of drug-likeness (QED) is 0.502. The third-order valence-electron chi connectivity index (χ3n) is 3.50. The molecule has 0 heterocycles. The Kier molecular flexibility index (Phi) is 10.1. The van der Waals surface area contributed by atoms with Crippen LogP contribution in [0.25, 0.3) is 0 Å². The van der Waals surface area contributed by atoms with Crippen LogP contribution in [-0.4, -0.2) is 18.3 Å². The summed E-state index contributed by atoms with van der Waals surface area (Å²) in [7, 11) is 0. The first kappa shape index (κ1) is 18.5. The molecule has 0 unspecified atom stereocenters. The minimum atomic E-state index is -0.399. The van der Waals surface area contributed by atoms with Crippen molar-refractivity contribution < 1.29 is 14.2 Å². The SMILES string of the molecule is CCCCCCCCCCOc1ccc(C#CCO)cc1F. The Hall–Kier alpha value is -1.53. The van der Waals surface area contributed by atoms with Gasteiger partial charge in [0.15, 0.2) is 11.6 Å². The van der Waals surface area contributed by atoms with Crippen molar-refractivity contribution in [2.45, 2.75) is 58.3 Å². The summed E-state index contributed by atoms with van der Waals surface area (Å²) in [5.74, 6) is 5.04. The van der Waals surface area contributed by atoms with E-state index in [2.05, 4.69) is 18.8 Å². The Morgan fingerprint density at radius 2 is 1.73 bits per heavy atom. The lowest BCUT2D eigenvalue weighted by Gasteiger charge is -2.07. The monoisotopic (exact) mass is 306 g/mol. The fourth-order valence-electron chi connectivity index (χ4n) is 2.26. The summed E-state index contributed by atoms with van der Waals surface area (Å²) >= 11 is 0. The van der Waals surface area contributed by atoms with Gasteiger partial charge in [-0.2, -0.15) is 0 Å². The average Bonchev–Trinajstić information content (AvgIpc) is 2.53. The number of benzene rings is 1. The highest BCUT2D eigenvalue weighted by atomic mass is 19.1. The van der Waals surface area contributed by atoms with Gasteiger partial charge in [0, 0.05) is 5.56 Å². The van der Waals surface area contributed by atoms with E-state index in [9.17, 15) is 4.39 Å². The molecule has 3 heteroatoms. The van der Waals surface area contributed by atoms with E-state index < -0.39 is 5.82 Å². The van der Waals surface area contributed by atoms with Crippen molar-refractivity contribution in [2.24, 2.45) is 0 Å². The summed E-state index contributed by atoms with van der Waals surface area (Å²) in [6.45, 7) is 2.55. The zero-order valence-corrected chi connectivity index (χ0v) is 13.5. The van der Waals surface area contributed by atoms with Crippen molar-refractivity contribution in [3.05, 3.63) is 29.6 Å². The number of ether oxygens (including phenoxy) is 1. The van der Waals surface area contributed by atoms with Crippen LogP contribution in [0.3, 0.4) is 0 Å². The van der Waals surface area contributed by atoms with E-state index in [0.717, 1.165) is 12.8 Å². The summed E-state index contributed by atoms with van der Waals surface area (Å²) in [6, 6.07) is 4.64. The minimum Gasteiger partial charge on any atom is -0.491 e. The second kappa shape index (κ2) is 12.1. The molecule has 0 saturated heterocycles. The van der Waals surface area contributed by atoms with E-state index >= 15 is 0 Å². The molecule has 0 bridgehead atoms. The van der Waals surface area contributed by atoms with Gasteiger partial charge in [0.25, 0.3) is 0 Å². The lowest BCUT2D eigenvalue weighted by atomic mass is 10.1. The highest BCUT2D eigenvalue weighted by molar-refractivity contribution is 5.39. The standard InChI is InChI=1S/C19H27FO2/c1-2-3-4-5-6-7-8-9-15-22-19-13-12-17(11-10-14-21)16-18(19)20/h12-13,16,21H,2-9,14-15H2,1H3. The summed E-state index contributed by atoms with van der Waals surface area (Å²) in [5.41, 5.74) is 0.547. The molecule has 1 rings (SSSR count). The zero-order chi connectivity index (χ0) is 16.0. The fourth-order valence-corrected chi connectivity index (χ4v) is 2.26. The number of halogens is 1. The van der Waals surface area contributed by atoms with Crippen LogP contribution in [-0.2, 0) is 0 Å². The molecule has 0 aliphatic rings. The molecule has 0 radical (unpaired) electrons. The number of rotatable bonds is 10. The van der Waals surface area contributed by atoms with Gasteiger partial charge in [-0.1, -0.05) is 63.7 Å². The van der Waals surface area contributed by atoms with E-state index in [1.807, 2.05) is 0 Å². The van der Waals surface area contributed by atoms with Gasteiger partial charge < -0.3 is 9.84 Å². The van der Waals surface area contributed by atoms with Gasteiger partial charge >= 0.3 is 0 Å². The molecule has 0 atom stereocenters. The third-order valence-corrected chi connectivity index (χ3v) is 3.50. The maximum absolute atomic E-state index is 13.8. The second-order valence-corrected chi connectivity index (χ2v) is 5.43.